The fraction of sp³-hybridized carbons (Fsp3) is 0.100. The van der Waals surface area contributed by atoms with Gasteiger partial charge in [0.1, 0.15) is 17.3 Å². The summed E-state index contributed by atoms with van der Waals surface area (Å²) in [6.45, 7) is 3.00. The van der Waals surface area contributed by atoms with Gasteiger partial charge in [-0.15, -0.1) is 0 Å². The van der Waals surface area contributed by atoms with Crippen molar-refractivity contribution < 1.29 is 18.7 Å². The van der Waals surface area contributed by atoms with Gasteiger partial charge in [0, 0.05) is 17.3 Å². The highest BCUT2D eigenvalue weighted by atomic mass is 19.1. The van der Waals surface area contributed by atoms with Gasteiger partial charge in [0.2, 0.25) is 11.1 Å². The van der Waals surface area contributed by atoms with E-state index in [2.05, 4.69) is 5.10 Å². The lowest BCUT2D eigenvalue weighted by Crippen LogP contribution is -2.26. The van der Waals surface area contributed by atoms with E-state index in [1.54, 1.807) is 13.0 Å². The van der Waals surface area contributed by atoms with Crippen LogP contribution in [0.2, 0.25) is 0 Å². The summed E-state index contributed by atoms with van der Waals surface area (Å²) >= 11 is 0. The monoisotopic (exact) mass is 366 g/mol. The number of hydrogen-bond donors (Lipinski definition) is 0. The summed E-state index contributed by atoms with van der Waals surface area (Å²) in [6.07, 6.45) is 0. The van der Waals surface area contributed by atoms with Crippen molar-refractivity contribution in [2.75, 3.05) is 0 Å². The molecule has 0 bridgehead atoms. The third-order valence-corrected chi connectivity index (χ3v) is 3.85. The number of para-hydroxylation sites is 1. The SMILES string of the molecule is CC(=O)c1ccc(OC(=O)c2nn(-c3ccccc3F)c(C)cc2=O)cc1. The molecule has 0 spiro atoms. The molecule has 0 aliphatic carbocycles. The molecule has 0 aliphatic rings. The Labute approximate surface area is 153 Å². The van der Waals surface area contributed by atoms with E-state index in [4.69, 9.17) is 4.74 Å². The van der Waals surface area contributed by atoms with Gasteiger partial charge in [-0.25, -0.2) is 13.9 Å². The normalized spacial score (nSPS) is 10.5. The molecule has 0 N–H and O–H groups in total. The van der Waals surface area contributed by atoms with Gasteiger partial charge in [-0.1, -0.05) is 12.1 Å². The van der Waals surface area contributed by atoms with Crippen molar-refractivity contribution in [3.05, 3.63) is 87.6 Å². The first kappa shape index (κ1) is 18.2. The Morgan fingerprint density at radius 1 is 1.07 bits per heavy atom. The minimum absolute atomic E-state index is 0.106. The molecule has 136 valence electrons. The molecule has 0 saturated heterocycles. The largest absolute Gasteiger partial charge is 0.422 e. The number of ketones is 1. The van der Waals surface area contributed by atoms with Crippen LogP contribution >= 0.6 is 0 Å². The molecule has 0 fully saturated rings. The zero-order valence-corrected chi connectivity index (χ0v) is 14.6. The third kappa shape index (κ3) is 3.82. The Balaban J connectivity index is 1.95. The number of hydrogen-bond acceptors (Lipinski definition) is 5. The molecule has 1 heterocycles. The van der Waals surface area contributed by atoms with E-state index in [0.29, 0.717) is 11.3 Å². The summed E-state index contributed by atoms with van der Waals surface area (Å²) in [6, 6.07) is 13.0. The lowest BCUT2D eigenvalue weighted by molar-refractivity contribution is 0.0725. The maximum atomic E-state index is 14.1. The summed E-state index contributed by atoms with van der Waals surface area (Å²) in [7, 11) is 0. The van der Waals surface area contributed by atoms with E-state index in [1.807, 2.05) is 0 Å². The van der Waals surface area contributed by atoms with Gasteiger partial charge in [0.05, 0.1) is 0 Å². The highest BCUT2D eigenvalue weighted by molar-refractivity contribution is 5.94. The summed E-state index contributed by atoms with van der Waals surface area (Å²) in [5, 5.41) is 3.98. The molecule has 0 atom stereocenters. The third-order valence-electron chi connectivity index (χ3n) is 3.85. The molecule has 27 heavy (non-hydrogen) atoms. The Morgan fingerprint density at radius 2 is 1.74 bits per heavy atom. The van der Waals surface area contributed by atoms with E-state index >= 15 is 0 Å². The number of aromatic nitrogens is 2. The van der Waals surface area contributed by atoms with Crippen LogP contribution < -0.4 is 10.2 Å². The summed E-state index contributed by atoms with van der Waals surface area (Å²) in [4.78, 5) is 35.8. The van der Waals surface area contributed by atoms with Crippen LogP contribution in [0.4, 0.5) is 4.39 Å². The van der Waals surface area contributed by atoms with Crippen LogP contribution in [0, 0.1) is 12.7 Å². The number of halogens is 1. The number of benzene rings is 2. The Morgan fingerprint density at radius 3 is 2.37 bits per heavy atom. The zero-order chi connectivity index (χ0) is 19.6. The first-order chi connectivity index (χ1) is 12.9. The molecule has 3 rings (SSSR count). The van der Waals surface area contributed by atoms with Crippen molar-refractivity contribution in [2.24, 2.45) is 0 Å². The molecule has 0 amide bonds. The van der Waals surface area contributed by atoms with Crippen LogP contribution in [0.5, 0.6) is 5.75 Å². The first-order valence-corrected chi connectivity index (χ1v) is 8.06. The van der Waals surface area contributed by atoms with Crippen LogP contribution in [-0.2, 0) is 0 Å². The van der Waals surface area contributed by atoms with Crippen LogP contribution in [0.3, 0.4) is 0 Å². The van der Waals surface area contributed by atoms with E-state index in [9.17, 15) is 18.8 Å². The molecular formula is C20H15FN2O4. The maximum absolute atomic E-state index is 14.1. The minimum atomic E-state index is -0.972. The molecule has 2 aromatic carbocycles. The molecule has 7 heteroatoms. The van der Waals surface area contributed by atoms with Gasteiger partial charge in [0.15, 0.2) is 5.78 Å². The lowest BCUT2D eigenvalue weighted by Gasteiger charge is -2.11. The van der Waals surface area contributed by atoms with E-state index in [0.717, 1.165) is 0 Å². The quantitative estimate of drug-likeness (QED) is 0.403. The second kappa shape index (κ2) is 7.33. The Hall–Kier alpha value is -3.61. The topological polar surface area (TPSA) is 78.3 Å². The highest BCUT2D eigenvalue weighted by Gasteiger charge is 2.18. The molecule has 0 saturated carbocycles. The number of esters is 1. The average molecular weight is 366 g/mol. The van der Waals surface area contributed by atoms with E-state index in [-0.39, 0.29) is 17.2 Å². The van der Waals surface area contributed by atoms with Crippen molar-refractivity contribution >= 4 is 11.8 Å². The standard InChI is InChI=1S/C20H15FN2O4/c1-12-11-18(25)19(22-23(12)17-6-4-3-5-16(17)21)20(26)27-15-9-7-14(8-10-15)13(2)24/h3-11H,1-2H3. The number of aryl methyl sites for hydroxylation is 1. The number of Topliss-reactive ketones (excluding diaryl/α,β-unsaturated/α-hetero) is 1. The van der Waals surface area contributed by atoms with Crippen molar-refractivity contribution in [1.29, 1.82) is 0 Å². The molecule has 0 radical (unpaired) electrons. The molecule has 1 aromatic heterocycles. The molecule has 6 nitrogen and oxygen atoms in total. The van der Waals surface area contributed by atoms with Gasteiger partial charge in [-0.3, -0.25) is 9.59 Å². The summed E-state index contributed by atoms with van der Waals surface area (Å²) < 4.78 is 20.4. The maximum Gasteiger partial charge on any atom is 0.368 e. The zero-order valence-electron chi connectivity index (χ0n) is 14.6. The van der Waals surface area contributed by atoms with Crippen molar-refractivity contribution in [3.8, 4) is 11.4 Å². The number of nitrogens with zero attached hydrogens (tertiary/aromatic N) is 2. The number of carbonyl (C=O) groups excluding carboxylic acids is 2. The fourth-order valence-electron chi connectivity index (χ4n) is 2.47. The molecule has 0 unspecified atom stereocenters. The lowest BCUT2D eigenvalue weighted by atomic mass is 10.1. The van der Waals surface area contributed by atoms with Crippen LogP contribution in [0.25, 0.3) is 5.69 Å². The van der Waals surface area contributed by atoms with Crippen LogP contribution in [-0.4, -0.2) is 21.5 Å². The predicted octanol–water partition coefficient (Wildman–Crippen LogP) is 3.10. The van der Waals surface area contributed by atoms with Crippen molar-refractivity contribution in [1.82, 2.24) is 9.78 Å². The average Bonchev–Trinajstić information content (AvgIpc) is 2.63. The predicted molar refractivity (Wildman–Crippen MR) is 95.9 cm³/mol. The van der Waals surface area contributed by atoms with E-state index < -0.39 is 22.9 Å². The Kier molecular flexibility index (Phi) is 4.94. The van der Waals surface area contributed by atoms with Gasteiger partial charge in [0.25, 0.3) is 0 Å². The summed E-state index contributed by atoms with van der Waals surface area (Å²) in [5.41, 5.74) is -0.169. The van der Waals surface area contributed by atoms with Gasteiger partial charge >= 0.3 is 5.97 Å². The van der Waals surface area contributed by atoms with Gasteiger partial charge in [-0.2, -0.15) is 5.10 Å². The van der Waals surface area contributed by atoms with Crippen molar-refractivity contribution in [3.63, 3.8) is 0 Å². The Bertz CT molecular complexity index is 1090. The molecule has 3 aromatic rings. The van der Waals surface area contributed by atoms with Crippen LogP contribution in [0.1, 0.15) is 33.5 Å². The minimum Gasteiger partial charge on any atom is -0.422 e. The van der Waals surface area contributed by atoms with Crippen molar-refractivity contribution in [2.45, 2.75) is 13.8 Å². The second-order valence-electron chi connectivity index (χ2n) is 5.83. The summed E-state index contributed by atoms with van der Waals surface area (Å²) in [5.74, 6) is -1.48. The number of rotatable bonds is 4. The fourth-order valence-corrected chi connectivity index (χ4v) is 2.47. The van der Waals surface area contributed by atoms with E-state index in [1.165, 1.54) is 60.1 Å². The molecular weight excluding hydrogens is 351 g/mol. The van der Waals surface area contributed by atoms with Gasteiger partial charge in [-0.05, 0) is 50.2 Å². The highest BCUT2D eigenvalue weighted by Crippen LogP contribution is 2.15. The first-order valence-electron chi connectivity index (χ1n) is 8.06. The van der Waals surface area contributed by atoms with Gasteiger partial charge < -0.3 is 4.74 Å². The second-order valence-corrected chi connectivity index (χ2v) is 5.83. The number of carbonyl (C=O) groups is 2. The smallest absolute Gasteiger partial charge is 0.368 e. The molecule has 0 aliphatic heterocycles. The number of ether oxygens (including phenoxy) is 1. The van der Waals surface area contributed by atoms with Crippen LogP contribution in [0.15, 0.2) is 59.4 Å².